The molecule has 3 heterocycles. The van der Waals surface area contributed by atoms with E-state index < -0.39 is 0 Å². The molecule has 4 rings (SSSR count). The van der Waals surface area contributed by atoms with Crippen molar-refractivity contribution in [2.24, 2.45) is 0 Å². The molecule has 0 amide bonds. The molecule has 0 aliphatic carbocycles. The Bertz CT molecular complexity index is 1230. The van der Waals surface area contributed by atoms with Crippen LogP contribution in [-0.4, -0.2) is 30.7 Å². The first kappa shape index (κ1) is 18.0. The van der Waals surface area contributed by atoms with Crippen LogP contribution in [0.25, 0.3) is 27.8 Å². The van der Waals surface area contributed by atoms with Crippen LogP contribution in [-0.2, 0) is 0 Å². The van der Waals surface area contributed by atoms with E-state index in [0.29, 0.717) is 22.9 Å². The van der Waals surface area contributed by atoms with Gasteiger partial charge in [0.25, 0.3) is 0 Å². The number of nitrogens with zero attached hydrogens (tertiary/aromatic N) is 4. The lowest BCUT2D eigenvalue weighted by molar-refractivity contribution is 0.240. The molecule has 0 fully saturated rings. The second-order valence-corrected chi connectivity index (χ2v) is 7.28. The number of aryl methyl sites for hydroxylation is 2. The van der Waals surface area contributed by atoms with Crippen LogP contribution >= 0.6 is 0 Å². The first-order valence-corrected chi connectivity index (χ1v) is 9.18. The Morgan fingerprint density at radius 3 is 2.57 bits per heavy atom. The molecule has 28 heavy (non-hydrogen) atoms. The van der Waals surface area contributed by atoms with Gasteiger partial charge in [0.15, 0.2) is 5.65 Å². The van der Waals surface area contributed by atoms with Crippen LogP contribution in [0.3, 0.4) is 0 Å². The first-order valence-electron chi connectivity index (χ1n) is 9.18. The van der Waals surface area contributed by atoms with Crippen LogP contribution in [0, 0.1) is 20.8 Å². The summed E-state index contributed by atoms with van der Waals surface area (Å²) in [5.41, 5.74) is 10.9. The summed E-state index contributed by atoms with van der Waals surface area (Å²) >= 11 is 0. The van der Waals surface area contributed by atoms with Gasteiger partial charge in [-0.2, -0.15) is 0 Å². The molecular formula is C21H23N5O2. The Labute approximate surface area is 162 Å². The van der Waals surface area contributed by atoms with Crippen LogP contribution in [0.4, 0.5) is 5.82 Å². The molecular weight excluding hydrogens is 354 g/mol. The molecule has 4 aromatic rings. The van der Waals surface area contributed by atoms with Crippen LogP contribution in [0.1, 0.15) is 30.7 Å². The number of phenolic OH excluding ortho intramolecular Hbond substituents is 1. The molecule has 0 saturated carbocycles. The van der Waals surface area contributed by atoms with Crippen LogP contribution in [0.5, 0.6) is 11.5 Å². The number of rotatable bonds is 3. The summed E-state index contributed by atoms with van der Waals surface area (Å²) in [4.78, 5) is 13.5. The van der Waals surface area contributed by atoms with Crippen molar-refractivity contribution in [2.75, 3.05) is 5.73 Å². The van der Waals surface area contributed by atoms with E-state index in [0.717, 1.165) is 33.3 Å². The van der Waals surface area contributed by atoms with Gasteiger partial charge in [-0.25, -0.2) is 15.0 Å². The maximum Gasteiger partial charge on any atom is 0.152 e. The van der Waals surface area contributed by atoms with Crippen molar-refractivity contribution in [3.8, 4) is 17.2 Å². The minimum atomic E-state index is 0.0236. The molecule has 0 unspecified atom stereocenters. The topological polar surface area (TPSA) is 99.1 Å². The Balaban J connectivity index is 2.19. The zero-order chi connectivity index (χ0) is 20.2. The van der Waals surface area contributed by atoms with E-state index >= 15 is 0 Å². The lowest BCUT2D eigenvalue weighted by Gasteiger charge is -2.15. The van der Waals surface area contributed by atoms with E-state index in [2.05, 4.69) is 9.97 Å². The van der Waals surface area contributed by atoms with Crippen LogP contribution in [0.2, 0.25) is 0 Å². The molecule has 0 aliphatic rings. The molecule has 7 nitrogen and oxygen atoms in total. The average molecular weight is 377 g/mol. The average Bonchev–Trinajstić information content (AvgIpc) is 2.93. The predicted molar refractivity (Wildman–Crippen MR) is 110 cm³/mol. The fourth-order valence-electron chi connectivity index (χ4n) is 3.60. The number of benzene rings is 1. The van der Waals surface area contributed by atoms with Crippen molar-refractivity contribution in [3.63, 3.8) is 0 Å². The summed E-state index contributed by atoms with van der Waals surface area (Å²) in [6, 6.07) is 5.52. The summed E-state index contributed by atoms with van der Waals surface area (Å²) in [6.45, 7) is 9.74. The van der Waals surface area contributed by atoms with Gasteiger partial charge in [-0.1, -0.05) is 6.07 Å². The number of nitrogens with two attached hydrogens (primary N) is 1. The van der Waals surface area contributed by atoms with Crippen molar-refractivity contribution in [1.82, 2.24) is 19.5 Å². The number of hydrogen-bond donors (Lipinski definition) is 2. The standard InChI is InChI=1S/C21H23N5O2/c1-10(2)28-16-8-14-17-19(22)23-9-24-21(17)26(20(14)25-13(16)5)18-11(3)6-7-15(27)12(18)4/h6-10,27H,1-5H3,(H2,22,23,24). The van der Waals surface area contributed by atoms with E-state index in [9.17, 15) is 5.11 Å². The zero-order valence-corrected chi connectivity index (χ0v) is 16.6. The summed E-state index contributed by atoms with van der Waals surface area (Å²) < 4.78 is 7.87. The first-order chi connectivity index (χ1) is 13.3. The minimum Gasteiger partial charge on any atom is -0.508 e. The highest BCUT2D eigenvalue weighted by atomic mass is 16.5. The number of anilines is 1. The Morgan fingerprint density at radius 1 is 1.11 bits per heavy atom. The summed E-state index contributed by atoms with van der Waals surface area (Å²) in [5, 5.41) is 11.8. The molecule has 0 bridgehead atoms. The third-order valence-corrected chi connectivity index (χ3v) is 4.89. The maximum atomic E-state index is 10.3. The molecule has 3 N–H and O–H groups in total. The van der Waals surface area contributed by atoms with E-state index in [-0.39, 0.29) is 11.9 Å². The van der Waals surface area contributed by atoms with E-state index in [1.165, 1.54) is 6.33 Å². The molecule has 0 atom stereocenters. The minimum absolute atomic E-state index is 0.0236. The lowest BCUT2D eigenvalue weighted by atomic mass is 10.1. The molecule has 7 heteroatoms. The third kappa shape index (κ3) is 2.62. The third-order valence-electron chi connectivity index (χ3n) is 4.89. The normalized spacial score (nSPS) is 11.6. The number of hydrogen-bond acceptors (Lipinski definition) is 6. The number of aromatic nitrogens is 4. The number of aromatic hydroxyl groups is 1. The summed E-state index contributed by atoms with van der Waals surface area (Å²) in [6.07, 6.45) is 1.47. The fraction of sp³-hybridized carbons (Fsp3) is 0.286. The molecule has 0 saturated heterocycles. The van der Waals surface area contributed by atoms with Gasteiger partial charge >= 0.3 is 0 Å². The van der Waals surface area contributed by atoms with Gasteiger partial charge in [-0.05, 0) is 52.3 Å². The maximum absolute atomic E-state index is 10.3. The zero-order valence-electron chi connectivity index (χ0n) is 16.6. The van der Waals surface area contributed by atoms with Crippen molar-refractivity contribution >= 4 is 27.9 Å². The smallest absolute Gasteiger partial charge is 0.152 e. The van der Waals surface area contributed by atoms with Gasteiger partial charge < -0.3 is 15.6 Å². The Kier molecular flexibility index (Phi) is 4.10. The highest BCUT2D eigenvalue weighted by Crippen LogP contribution is 2.38. The second-order valence-electron chi connectivity index (χ2n) is 7.28. The van der Waals surface area contributed by atoms with Gasteiger partial charge in [-0.3, -0.25) is 4.57 Å². The largest absolute Gasteiger partial charge is 0.508 e. The number of fused-ring (bicyclic) bond motifs is 3. The molecule has 3 aromatic heterocycles. The van der Waals surface area contributed by atoms with Crippen molar-refractivity contribution in [2.45, 2.75) is 40.7 Å². The van der Waals surface area contributed by atoms with Gasteiger partial charge in [0.1, 0.15) is 29.3 Å². The highest BCUT2D eigenvalue weighted by molar-refractivity contribution is 6.11. The Hall–Kier alpha value is -3.35. The Morgan fingerprint density at radius 2 is 1.86 bits per heavy atom. The monoisotopic (exact) mass is 377 g/mol. The van der Waals surface area contributed by atoms with Crippen molar-refractivity contribution < 1.29 is 9.84 Å². The molecule has 0 radical (unpaired) electrons. The van der Waals surface area contributed by atoms with E-state index in [1.54, 1.807) is 6.07 Å². The number of phenols is 1. The number of nitrogen functional groups attached to an aromatic ring is 1. The molecule has 1 aromatic carbocycles. The van der Waals surface area contributed by atoms with Crippen LogP contribution in [0.15, 0.2) is 24.5 Å². The number of ether oxygens (including phenoxy) is 1. The fourth-order valence-corrected chi connectivity index (χ4v) is 3.60. The summed E-state index contributed by atoms with van der Waals surface area (Å²) in [5.74, 6) is 1.30. The van der Waals surface area contributed by atoms with E-state index in [4.69, 9.17) is 15.5 Å². The predicted octanol–water partition coefficient (Wildman–Crippen LogP) is 3.97. The second kappa shape index (κ2) is 6.37. The molecule has 0 aliphatic heterocycles. The van der Waals surface area contributed by atoms with E-state index in [1.807, 2.05) is 51.3 Å². The highest BCUT2D eigenvalue weighted by Gasteiger charge is 2.22. The van der Waals surface area contributed by atoms with Crippen molar-refractivity contribution in [1.29, 1.82) is 0 Å². The number of pyridine rings is 1. The quantitative estimate of drug-likeness (QED) is 0.560. The molecule has 0 spiro atoms. The van der Waals surface area contributed by atoms with Gasteiger partial charge in [0, 0.05) is 10.9 Å². The summed E-state index contributed by atoms with van der Waals surface area (Å²) in [7, 11) is 0. The van der Waals surface area contributed by atoms with Crippen LogP contribution < -0.4 is 10.5 Å². The SMILES string of the molecule is Cc1ccc(O)c(C)c1-n1c2nc(C)c(OC(C)C)cc2c2c(N)ncnc21. The molecule has 144 valence electrons. The van der Waals surface area contributed by atoms with Crippen molar-refractivity contribution in [3.05, 3.63) is 41.3 Å². The van der Waals surface area contributed by atoms with Gasteiger partial charge in [0.05, 0.1) is 22.9 Å². The van der Waals surface area contributed by atoms with Gasteiger partial charge in [-0.15, -0.1) is 0 Å². The van der Waals surface area contributed by atoms with Gasteiger partial charge in [0.2, 0.25) is 0 Å². The lowest BCUT2D eigenvalue weighted by Crippen LogP contribution is -2.08.